The fraction of sp³-hybridized carbons (Fsp3) is 0.923. The molecule has 0 saturated carbocycles. The van der Waals surface area contributed by atoms with Crippen LogP contribution in [0.4, 0.5) is 0 Å². The Hall–Kier alpha value is -1.10. The van der Waals surface area contributed by atoms with Gasteiger partial charge in [-0.1, -0.05) is 104 Å². The first-order valence-corrected chi connectivity index (χ1v) is 13.1. The number of nitrogens with one attached hydrogen (secondary N) is 1. The Kier molecular flexibility index (Phi) is 17.8. The molecule has 0 spiro atoms. The van der Waals surface area contributed by atoms with Crippen molar-refractivity contribution in [2.24, 2.45) is 5.92 Å². The van der Waals surface area contributed by atoms with Crippen molar-refractivity contribution >= 4 is 11.9 Å². The molecule has 0 aliphatic carbocycles. The van der Waals surface area contributed by atoms with Crippen LogP contribution in [-0.2, 0) is 9.59 Å². The van der Waals surface area contributed by atoms with Crippen molar-refractivity contribution in [2.45, 2.75) is 123 Å². The largest absolute Gasteiger partial charge is 0.477 e. The molecule has 0 radical (unpaired) electrons. The van der Waals surface area contributed by atoms with Gasteiger partial charge in [0, 0.05) is 6.54 Å². The minimum atomic E-state index is -0.880. The lowest BCUT2D eigenvalue weighted by Crippen LogP contribution is -2.57. The Labute approximate surface area is 192 Å². The van der Waals surface area contributed by atoms with Gasteiger partial charge in [-0.2, -0.15) is 0 Å². The predicted octanol–water partition coefficient (Wildman–Crippen LogP) is 6.16. The Morgan fingerprint density at radius 2 is 1.13 bits per heavy atom. The van der Waals surface area contributed by atoms with Crippen LogP contribution in [0.3, 0.4) is 0 Å². The smallest absolute Gasteiger partial charge is 0.363 e. The van der Waals surface area contributed by atoms with Gasteiger partial charge in [-0.05, 0) is 12.8 Å². The van der Waals surface area contributed by atoms with Crippen molar-refractivity contribution in [3.05, 3.63) is 0 Å². The van der Waals surface area contributed by atoms with Crippen molar-refractivity contribution in [1.82, 2.24) is 5.32 Å². The van der Waals surface area contributed by atoms with Gasteiger partial charge >= 0.3 is 5.97 Å². The molecule has 0 fully saturated rings. The van der Waals surface area contributed by atoms with Crippen LogP contribution in [0.2, 0.25) is 0 Å². The highest BCUT2D eigenvalue weighted by Crippen LogP contribution is 2.22. The van der Waals surface area contributed by atoms with Crippen LogP contribution in [0.25, 0.3) is 0 Å². The highest BCUT2D eigenvalue weighted by atomic mass is 16.4. The van der Waals surface area contributed by atoms with Gasteiger partial charge in [-0.3, -0.25) is 4.79 Å². The molecule has 184 valence electrons. The summed E-state index contributed by atoms with van der Waals surface area (Å²) in [4.78, 5) is 24.6. The molecule has 0 bridgehead atoms. The monoisotopic (exact) mass is 441 g/mol. The Bertz CT molecular complexity index is 460. The van der Waals surface area contributed by atoms with E-state index in [2.05, 4.69) is 12.2 Å². The summed E-state index contributed by atoms with van der Waals surface area (Å²) < 4.78 is 0.262. The van der Waals surface area contributed by atoms with E-state index < -0.39 is 17.9 Å². The summed E-state index contributed by atoms with van der Waals surface area (Å²) in [6.07, 6.45) is 19.6. The number of hydrogen-bond acceptors (Lipinski definition) is 2. The van der Waals surface area contributed by atoms with E-state index in [4.69, 9.17) is 0 Å². The van der Waals surface area contributed by atoms with Crippen LogP contribution in [0, 0.1) is 5.92 Å². The third-order valence-electron chi connectivity index (χ3n) is 6.22. The summed E-state index contributed by atoms with van der Waals surface area (Å²) in [7, 11) is 5.60. The van der Waals surface area contributed by atoms with Crippen LogP contribution in [-0.4, -0.2) is 55.2 Å². The summed E-state index contributed by atoms with van der Waals surface area (Å²) in [5, 5.41) is 12.7. The lowest BCUT2D eigenvalue weighted by Gasteiger charge is -2.35. The summed E-state index contributed by atoms with van der Waals surface area (Å²) in [5.41, 5.74) is 0. The van der Waals surface area contributed by atoms with Crippen molar-refractivity contribution in [3.63, 3.8) is 0 Å². The van der Waals surface area contributed by atoms with E-state index in [1.165, 1.54) is 77.0 Å². The lowest BCUT2D eigenvalue weighted by molar-refractivity contribution is -0.890. The molecule has 1 amide bonds. The van der Waals surface area contributed by atoms with Crippen LogP contribution in [0.15, 0.2) is 0 Å². The second kappa shape index (κ2) is 18.5. The standard InChI is InChI=1S/C26H52N2O3/c1-6-8-9-10-11-12-13-14-15-16-17-18-19-20-21-23(25(29)27-22-7-2)24(26(30)31)28(3,4)5/h23-24H,6-22H2,1-5H3,(H-,27,29,30,31)/p+1. The molecule has 0 aromatic rings. The van der Waals surface area contributed by atoms with Gasteiger partial charge in [0.05, 0.1) is 21.1 Å². The molecule has 5 heteroatoms. The number of likely N-dealkylation sites (N-methyl/N-ethyl adjacent to an activating group) is 1. The number of carbonyl (C=O) groups excluding carboxylic acids is 1. The lowest BCUT2D eigenvalue weighted by atomic mass is 9.90. The van der Waals surface area contributed by atoms with Crippen LogP contribution in [0.1, 0.15) is 117 Å². The molecular formula is C26H53N2O3+. The molecular weight excluding hydrogens is 388 g/mol. The number of amides is 1. The number of carboxylic acid groups (broad SMARTS) is 1. The first kappa shape index (κ1) is 29.9. The highest BCUT2D eigenvalue weighted by Gasteiger charge is 2.42. The number of carboxylic acids is 1. The molecule has 0 aromatic heterocycles. The third kappa shape index (κ3) is 15.4. The number of aliphatic carboxylic acids is 1. The second-order valence-corrected chi connectivity index (χ2v) is 10.2. The van der Waals surface area contributed by atoms with Crippen LogP contribution >= 0.6 is 0 Å². The third-order valence-corrected chi connectivity index (χ3v) is 6.22. The van der Waals surface area contributed by atoms with Gasteiger partial charge in [0.25, 0.3) is 0 Å². The Morgan fingerprint density at radius 3 is 1.48 bits per heavy atom. The fourth-order valence-electron chi connectivity index (χ4n) is 4.41. The number of hydrogen-bond donors (Lipinski definition) is 2. The Balaban J connectivity index is 4.10. The molecule has 0 saturated heterocycles. The van der Waals surface area contributed by atoms with E-state index in [1.54, 1.807) is 0 Å². The van der Waals surface area contributed by atoms with Gasteiger partial charge in [0.2, 0.25) is 5.91 Å². The number of quaternary nitrogens is 1. The normalized spacial score (nSPS) is 13.7. The first-order chi connectivity index (χ1) is 14.8. The number of carbonyl (C=O) groups is 2. The maximum atomic E-state index is 12.7. The van der Waals surface area contributed by atoms with E-state index in [0.717, 1.165) is 19.3 Å². The van der Waals surface area contributed by atoms with Crippen molar-refractivity contribution < 1.29 is 19.2 Å². The van der Waals surface area contributed by atoms with E-state index in [9.17, 15) is 14.7 Å². The van der Waals surface area contributed by atoms with Crippen LogP contribution < -0.4 is 5.32 Å². The predicted molar refractivity (Wildman–Crippen MR) is 131 cm³/mol. The molecule has 0 aliphatic rings. The van der Waals surface area contributed by atoms with E-state index in [0.29, 0.717) is 13.0 Å². The molecule has 2 N–H and O–H groups in total. The van der Waals surface area contributed by atoms with Crippen molar-refractivity contribution in [1.29, 1.82) is 0 Å². The molecule has 5 nitrogen and oxygen atoms in total. The molecule has 2 atom stereocenters. The summed E-state index contributed by atoms with van der Waals surface area (Å²) in [6, 6.07) is -0.709. The maximum absolute atomic E-state index is 12.7. The first-order valence-electron chi connectivity index (χ1n) is 13.1. The average molecular weight is 442 g/mol. The summed E-state index contributed by atoms with van der Waals surface area (Å²) in [6.45, 7) is 4.88. The van der Waals surface area contributed by atoms with Gasteiger partial charge < -0.3 is 14.9 Å². The minimum absolute atomic E-state index is 0.100. The molecule has 0 aromatic carbocycles. The zero-order chi connectivity index (χ0) is 23.5. The number of nitrogens with zero attached hydrogens (tertiary/aromatic N) is 1. The van der Waals surface area contributed by atoms with Gasteiger partial charge in [0.15, 0.2) is 6.04 Å². The SMILES string of the molecule is CCCCCCCCCCCCCCCCC(C(=O)NCCC)C(C(=O)O)[N+](C)(C)C. The maximum Gasteiger partial charge on any atom is 0.363 e. The number of unbranched alkanes of at least 4 members (excludes halogenated alkanes) is 13. The molecule has 0 aliphatic heterocycles. The van der Waals surface area contributed by atoms with Gasteiger partial charge in [-0.25, -0.2) is 4.79 Å². The van der Waals surface area contributed by atoms with E-state index >= 15 is 0 Å². The van der Waals surface area contributed by atoms with Gasteiger partial charge in [-0.15, -0.1) is 0 Å². The van der Waals surface area contributed by atoms with Crippen molar-refractivity contribution in [2.75, 3.05) is 27.7 Å². The van der Waals surface area contributed by atoms with Crippen LogP contribution in [0.5, 0.6) is 0 Å². The van der Waals surface area contributed by atoms with E-state index in [1.807, 2.05) is 28.1 Å². The molecule has 0 rings (SSSR count). The fourth-order valence-corrected chi connectivity index (χ4v) is 4.41. The zero-order valence-corrected chi connectivity index (χ0v) is 21.4. The quantitative estimate of drug-likeness (QED) is 0.166. The average Bonchev–Trinajstić information content (AvgIpc) is 2.69. The Morgan fingerprint density at radius 1 is 0.710 bits per heavy atom. The molecule has 2 unspecified atom stereocenters. The van der Waals surface area contributed by atoms with E-state index in [-0.39, 0.29) is 10.4 Å². The number of rotatable bonds is 21. The summed E-state index contributed by atoms with van der Waals surface area (Å²) in [5.74, 6) is -1.45. The second-order valence-electron chi connectivity index (χ2n) is 10.2. The molecule has 31 heavy (non-hydrogen) atoms. The minimum Gasteiger partial charge on any atom is -0.477 e. The molecule has 0 heterocycles. The van der Waals surface area contributed by atoms with Gasteiger partial charge in [0.1, 0.15) is 5.92 Å². The van der Waals surface area contributed by atoms with Crippen molar-refractivity contribution in [3.8, 4) is 0 Å². The summed E-state index contributed by atoms with van der Waals surface area (Å²) >= 11 is 0. The zero-order valence-electron chi connectivity index (χ0n) is 21.4. The highest BCUT2D eigenvalue weighted by molar-refractivity contribution is 5.86. The topological polar surface area (TPSA) is 66.4 Å².